The Morgan fingerprint density at radius 3 is 1.42 bits per heavy atom. The molecule has 0 aliphatic rings. The zero-order valence-corrected chi connectivity index (χ0v) is 9.74. The van der Waals surface area contributed by atoms with Crippen molar-refractivity contribution in [3.8, 4) is 0 Å². The molecule has 0 aromatic heterocycles. The molecule has 0 aliphatic heterocycles. The lowest BCUT2D eigenvalue weighted by Crippen LogP contribution is -2.12. The molecule has 0 amide bonds. The molecular weight excluding hydrogens is 150 g/mol. The van der Waals surface area contributed by atoms with Crippen molar-refractivity contribution in [3.63, 3.8) is 0 Å². The Kier molecular flexibility index (Phi) is 45.6. The highest BCUT2D eigenvalue weighted by Crippen LogP contribution is 1.65. The fourth-order valence-corrected chi connectivity index (χ4v) is 0.354. The molecule has 0 atom stereocenters. The van der Waals surface area contributed by atoms with Crippen LogP contribution in [0, 0.1) is 0 Å². The fraction of sp³-hybridized carbons (Fsp3) is 1.00. The molecule has 12 heavy (non-hydrogen) atoms. The van der Waals surface area contributed by atoms with Crippen LogP contribution in [0.4, 0.5) is 0 Å². The van der Waals surface area contributed by atoms with Gasteiger partial charge in [0.05, 0.1) is 0 Å². The van der Waals surface area contributed by atoms with Gasteiger partial charge >= 0.3 is 0 Å². The van der Waals surface area contributed by atoms with Crippen molar-refractivity contribution in [2.24, 2.45) is 0 Å². The summed E-state index contributed by atoms with van der Waals surface area (Å²) < 4.78 is 4.25. The third-order valence-corrected chi connectivity index (χ3v) is 0.677. The fourth-order valence-electron chi connectivity index (χ4n) is 0.354. The van der Waals surface area contributed by atoms with E-state index in [2.05, 4.69) is 37.7 Å². The molecule has 0 saturated carbocycles. The number of methoxy groups -OCH3 is 1. The Balaban J connectivity index is -0.000000115. The van der Waals surface area contributed by atoms with E-state index in [0.29, 0.717) is 0 Å². The molecule has 78 valence electrons. The third-order valence-electron chi connectivity index (χ3n) is 0.677. The predicted molar refractivity (Wildman–Crippen MR) is 57.7 cm³/mol. The van der Waals surface area contributed by atoms with Gasteiger partial charge in [-0.25, -0.2) is 0 Å². The summed E-state index contributed by atoms with van der Waals surface area (Å²) in [6.07, 6.45) is 2.49. The van der Waals surface area contributed by atoms with Gasteiger partial charge in [-0.3, -0.25) is 0 Å². The van der Waals surface area contributed by atoms with Gasteiger partial charge < -0.3 is 10.1 Å². The normalized spacial score (nSPS) is 7.50. The molecule has 2 heteroatoms. The van der Waals surface area contributed by atoms with Gasteiger partial charge in [-0.15, -0.1) is 0 Å². The maximum absolute atomic E-state index is 4.25. The van der Waals surface area contributed by atoms with Crippen LogP contribution in [-0.4, -0.2) is 27.3 Å². The zero-order valence-electron chi connectivity index (χ0n) is 9.74. The second kappa shape index (κ2) is 30.7. The molecule has 0 aliphatic carbocycles. The first kappa shape index (κ1) is 17.9. The molecule has 0 radical (unpaired) electrons. The standard InChI is InChI=1S/C5H13N.C3H8.C2H6O/c1-3-5-6-4-2;2*1-3-2/h6H,3-5H2,1-2H3;3H2,1-2H3;1-2H3. The van der Waals surface area contributed by atoms with Crippen LogP contribution in [-0.2, 0) is 4.74 Å². The first-order valence-corrected chi connectivity index (χ1v) is 4.85. The topological polar surface area (TPSA) is 21.3 Å². The van der Waals surface area contributed by atoms with Crippen molar-refractivity contribution in [2.75, 3.05) is 27.3 Å². The van der Waals surface area contributed by atoms with Gasteiger partial charge in [-0.2, -0.15) is 0 Å². The lowest BCUT2D eigenvalue weighted by Gasteiger charge is -1.91. The maximum atomic E-state index is 4.25. The predicted octanol–water partition coefficient (Wildman–Crippen LogP) is 2.68. The highest BCUT2D eigenvalue weighted by atomic mass is 16.4. The van der Waals surface area contributed by atoms with E-state index in [4.69, 9.17) is 0 Å². The summed E-state index contributed by atoms with van der Waals surface area (Å²) in [4.78, 5) is 0. The highest BCUT2D eigenvalue weighted by molar-refractivity contribution is 4.35. The van der Waals surface area contributed by atoms with E-state index in [0.717, 1.165) is 13.1 Å². The van der Waals surface area contributed by atoms with E-state index in [1.54, 1.807) is 14.2 Å². The Bertz CT molecular complexity index is 34.8. The molecule has 0 unspecified atom stereocenters. The van der Waals surface area contributed by atoms with Crippen LogP contribution in [0.2, 0.25) is 0 Å². The van der Waals surface area contributed by atoms with Crippen molar-refractivity contribution in [1.29, 1.82) is 0 Å². The molecular formula is C10H27NO. The quantitative estimate of drug-likeness (QED) is 0.669. The van der Waals surface area contributed by atoms with Crippen molar-refractivity contribution >= 4 is 0 Å². The Morgan fingerprint density at radius 1 is 1.00 bits per heavy atom. The third kappa shape index (κ3) is 92.6. The van der Waals surface area contributed by atoms with Gasteiger partial charge in [0.1, 0.15) is 0 Å². The molecule has 0 aromatic rings. The average Bonchev–Trinajstić information content (AvgIpc) is 2.04. The van der Waals surface area contributed by atoms with Gasteiger partial charge in [-0.05, 0) is 19.5 Å². The minimum absolute atomic E-state index is 1.10. The molecule has 2 nitrogen and oxygen atoms in total. The second-order valence-electron chi connectivity index (χ2n) is 2.47. The van der Waals surface area contributed by atoms with E-state index in [1.807, 2.05) is 0 Å². The lowest BCUT2D eigenvalue weighted by molar-refractivity contribution is 0.277. The number of hydrogen-bond donors (Lipinski definition) is 1. The molecule has 0 heterocycles. The van der Waals surface area contributed by atoms with Crippen LogP contribution in [0.3, 0.4) is 0 Å². The van der Waals surface area contributed by atoms with Gasteiger partial charge in [0.2, 0.25) is 0 Å². The van der Waals surface area contributed by atoms with Gasteiger partial charge in [0.15, 0.2) is 0 Å². The van der Waals surface area contributed by atoms with E-state index >= 15 is 0 Å². The van der Waals surface area contributed by atoms with Crippen LogP contribution in [0.25, 0.3) is 0 Å². The lowest BCUT2D eigenvalue weighted by atomic mass is 10.5. The Labute approximate surface area is 78.7 Å². The van der Waals surface area contributed by atoms with Gasteiger partial charge in [-0.1, -0.05) is 34.1 Å². The minimum Gasteiger partial charge on any atom is -0.388 e. The van der Waals surface area contributed by atoms with Crippen molar-refractivity contribution in [1.82, 2.24) is 5.32 Å². The summed E-state index contributed by atoms with van der Waals surface area (Å²) in [5.74, 6) is 0. The summed E-state index contributed by atoms with van der Waals surface area (Å²) in [7, 11) is 3.25. The summed E-state index contributed by atoms with van der Waals surface area (Å²) in [6, 6.07) is 0. The van der Waals surface area contributed by atoms with Crippen LogP contribution in [0.5, 0.6) is 0 Å². The number of ether oxygens (including phenoxy) is 1. The van der Waals surface area contributed by atoms with Crippen molar-refractivity contribution < 1.29 is 4.74 Å². The summed E-state index contributed by atoms with van der Waals surface area (Å²) in [6.45, 7) is 10.8. The molecule has 0 fully saturated rings. The Hall–Kier alpha value is -0.0800. The minimum atomic E-state index is 1.10. The van der Waals surface area contributed by atoms with Crippen LogP contribution in [0.1, 0.15) is 40.5 Å². The smallest absolute Gasteiger partial charge is 0.0351 e. The monoisotopic (exact) mass is 177 g/mol. The van der Waals surface area contributed by atoms with Crippen molar-refractivity contribution in [2.45, 2.75) is 40.5 Å². The molecule has 0 aromatic carbocycles. The summed E-state index contributed by atoms with van der Waals surface area (Å²) in [5, 5.41) is 3.20. The van der Waals surface area contributed by atoms with Crippen LogP contribution >= 0.6 is 0 Å². The number of nitrogens with one attached hydrogen (secondary N) is 1. The number of rotatable bonds is 3. The molecule has 0 bridgehead atoms. The largest absolute Gasteiger partial charge is 0.388 e. The maximum Gasteiger partial charge on any atom is 0.0351 e. The summed E-state index contributed by atoms with van der Waals surface area (Å²) >= 11 is 0. The van der Waals surface area contributed by atoms with Gasteiger partial charge in [0, 0.05) is 14.2 Å². The van der Waals surface area contributed by atoms with E-state index in [-0.39, 0.29) is 0 Å². The van der Waals surface area contributed by atoms with Crippen LogP contribution < -0.4 is 5.32 Å². The van der Waals surface area contributed by atoms with Crippen molar-refractivity contribution in [3.05, 3.63) is 0 Å². The molecule has 0 spiro atoms. The SMILES string of the molecule is CCC.CCCNCC.COC. The van der Waals surface area contributed by atoms with E-state index in [1.165, 1.54) is 12.8 Å². The Morgan fingerprint density at radius 2 is 1.33 bits per heavy atom. The molecule has 0 saturated heterocycles. The first-order valence-electron chi connectivity index (χ1n) is 4.85. The average molecular weight is 177 g/mol. The molecule has 1 N–H and O–H groups in total. The van der Waals surface area contributed by atoms with E-state index < -0.39 is 0 Å². The second-order valence-corrected chi connectivity index (χ2v) is 2.47. The van der Waals surface area contributed by atoms with Gasteiger partial charge in [0.25, 0.3) is 0 Å². The molecule has 0 rings (SSSR count). The first-order chi connectivity index (χ1) is 5.74. The summed E-state index contributed by atoms with van der Waals surface area (Å²) in [5.41, 5.74) is 0. The zero-order chi connectivity index (χ0) is 10.2. The van der Waals surface area contributed by atoms with E-state index in [9.17, 15) is 0 Å². The number of hydrogen-bond acceptors (Lipinski definition) is 2. The van der Waals surface area contributed by atoms with Crippen LogP contribution in [0.15, 0.2) is 0 Å². The highest BCUT2D eigenvalue weighted by Gasteiger charge is 1.71.